The third-order valence-electron chi connectivity index (χ3n) is 6.17. The van der Waals surface area contributed by atoms with Crippen LogP contribution in [0.15, 0.2) is 60.8 Å². The first-order valence-electron chi connectivity index (χ1n) is 11.5. The van der Waals surface area contributed by atoms with Crippen LogP contribution < -0.4 is 10.1 Å². The summed E-state index contributed by atoms with van der Waals surface area (Å²) < 4.78 is 7.47. The SMILES string of the molecule is COc1ccc(Cl)cc1NC(=O)N1CCN(Cc2nc3cccnc3n2-c2cccc(C)c2)CC1. The smallest absolute Gasteiger partial charge is 0.322 e. The molecule has 8 nitrogen and oxygen atoms in total. The Hall–Kier alpha value is -3.62. The van der Waals surface area contributed by atoms with Crippen molar-refractivity contribution in [3.05, 3.63) is 77.2 Å². The zero-order valence-electron chi connectivity index (χ0n) is 19.7. The van der Waals surface area contributed by atoms with E-state index in [1.54, 1.807) is 31.5 Å². The van der Waals surface area contributed by atoms with Crippen LogP contribution in [0.5, 0.6) is 5.75 Å². The monoisotopic (exact) mass is 490 g/mol. The highest BCUT2D eigenvalue weighted by atomic mass is 35.5. The van der Waals surface area contributed by atoms with Gasteiger partial charge in [-0.3, -0.25) is 9.47 Å². The van der Waals surface area contributed by atoms with Gasteiger partial charge in [0.25, 0.3) is 0 Å². The van der Waals surface area contributed by atoms with Gasteiger partial charge in [0.1, 0.15) is 17.1 Å². The Morgan fingerprint density at radius 2 is 1.91 bits per heavy atom. The number of halogens is 1. The number of carbonyl (C=O) groups excluding carboxylic acids is 1. The number of nitrogens with zero attached hydrogens (tertiary/aromatic N) is 5. The lowest BCUT2D eigenvalue weighted by molar-refractivity contribution is 0.140. The van der Waals surface area contributed by atoms with Crippen molar-refractivity contribution in [2.75, 3.05) is 38.6 Å². The fraction of sp³-hybridized carbons (Fsp3) is 0.269. The number of anilines is 1. The van der Waals surface area contributed by atoms with Crippen LogP contribution in [0.2, 0.25) is 5.02 Å². The van der Waals surface area contributed by atoms with E-state index < -0.39 is 0 Å². The number of aromatic nitrogens is 3. The number of ether oxygens (including phenoxy) is 1. The lowest BCUT2D eigenvalue weighted by Crippen LogP contribution is -2.49. The van der Waals surface area contributed by atoms with Crippen molar-refractivity contribution >= 4 is 34.5 Å². The minimum absolute atomic E-state index is 0.165. The van der Waals surface area contributed by atoms with Gasteiger partial charge < -0.3 is 15.0 Å². The molecule has 1 fully saturated rings. The minimum Gasteiger partial charge on any atom is -0.495 e. The maximum atomic E-state index is 12.9. The number of pyridine rings is 1. The molecule has 35 heavy (non-hydrogen) atoms. The van der Waals surface area contributed by atoms with Gasteiger partial charge in [-0.05, 0) is 55.0 Å². The third-order valence-corrected chi connectivity index (χ3v) is 6.41. The largest absolute Gasteiger partial charge is 0.495 e. The summed E-state index contributed by atoms with van der Waals surface area (Å²) in [6.07, 6.45) is 1.80. The molecule has 1 aliphatic heterocycles. The van der Waals surface area contributed by atoms with Crippen LogP contribution in [0.25, 0.3) is 16.9 Å². The number of aryl methyl sites for hydroxylation is 1. The average molecular weight is 491 g/mol. The summed E-state index contributed by atoms with van der Waals surface area (Å²) in [5, 5.41) is 3.46. The molecule has 0 saturated carbocycles. The first kappa shape index (κ1) is 23.1. The number of methoxy groups -OCH3 is 1. The van der Waals surface area contributed by atoms with Gasteiger partial charge in [-0.15, -0.1) is 0 Å². The molecule has 1 saturated heterocycles. The molecule has 0 bridgehead atoms. The third kappa shape index (κ3) is 4.94. The molecule has 3 heterocycles. The molecule has 2 amide bonds. The molecule has 1 aliphatic rings. The molecule has 0 radical (unpaired) electrons. The second-order valence-corrected chi connectivity index (χ2v) is 9.02. The Morgan fingerprint density at radius 1 is 1.09 bits per heavy atom. The normalized spacial score (nSPS) is 14.3. The lowest BCUT2D eigenvalue weighted by Gasteiger charge is -2.34. The molecule has 0 spiro atoms. The van der Waals surface area contributed by atoms with E-state index in [4.69, 9.17) is 21.3 Å². The number of amides is 2. The predicted octanol–water partition coefficient (Wildman–Crippen LogP) is 4.74. The van der Waals surface area contributed by atoms with E-state index in [-0.39, 0.29) is 6.03 Å². The molecule has 0 unspecified atom stereocenters. The summed E-state index contributed by atoms with van der Waals surface area (Å²) in [5.41, 5.74) is 4.52. The highest BCUT2D eigenvalue weighted by Crippen LogP contribution is 2.28. The lowest BCUT2D eigenvalue weighted by atomic mass is 10.2. The Morgan fingerprint density at radius 3 is 2.69 bits per heavy atom. The van der Waals surface area contributed by atoms with Crippen LogP contribution in [-0.2, 0) is 6.54 Å². The summed E-state index contributed by atoms with van der Waals surface area (Å²) in [6, 6.07) is 17.3. The predicted molar refractivity (Wildman–Crippen MR) is 137 cm³/mol. The number of fused-ring (bicyclic) bond motifs is 1. The zero-order valence-corrected chi connectivity index (χ0v) is 20.5. The number of piperazine rings is 1. The van der Waals surface area contributed by atoms with E-state index in [0.717, 1.165) is 35.8 Å². The molecule has 1 N–H and O–H groups in total. The van der Waals surface area contributed by atoms with Gasteiger partial charge in [-0.2, -0.15) is 0 Å². The van der Waals surface area contributed by atoms with Crippen molar-refractivity contribution in [3.8, 4) is 11.4 Å². The number of benzene rings is 2. The summed E-state index contributed by atoms with van der Waals surface area (Å²) >= 11 is 6.09. The molecular weight excluding hydrogens is 464 g/mol. The maximum Gasteiger partial charge on any atom is 0.322 e. The first-order chi connectivity index (χ1) is 17.0. The maximum absolute atomic E-state index is 12.9. The Balaban J connectivity index is 1.29. The van der Waals surface area contributed by atoms with Crippen LogP contribution >= 0.6 is 11.6 Å². The molecule has 9 heteroatoms. The molecule has 0 atom stereocenters. The van der Waals surface area contributed by atoms with Crippen LogP contribution in [0, 0.1) is 6.92 Å². The number of imidazole rings is 1. The van der Waals surface area contributed by atoms with Gasteiger partial charge in [0.15, 0.2) is 5.65 Å². The highest BCUT2D eigenvalue weighted by Gasteiger charge is 2.24. The van der Waals surface area contributed by atoms with Gasteiger partial charge >= 0.3 is 6.03 Å². The van der Waals surface area contributed by atoms with Crippen molar-refractivity contribution in [1.29, 1.82) is 0 Å². The van der Waals surface area contributed by atoms with Crippen molar-refractivity contribution in [1.82, 2.24) is 24.3 Å². The van der Waals surface area contributed by atoms with Crippen LogP contribution in [0.4, 0.5) is 10.5 Å². The van der Waals surface area contributed by atoms with E-state index in [1.807, 2.05) is 17.0 Å². The highest BCUT2D eigenvalue weighted by molar-refractivity contribution is 6.31. The topological polar surface area (TPSA) is 75.5 Å². The van der Waals surface area contributed by atoms with Gasteiger partial charge in [0.05, 0.1) is 19.3 Å². The van der Waals surface area contributed by atoms with Gasteiger partial charge in [-0.1, -0.05) is 23.7 Å². The quantitative estimate of drug-likeness (QED) is 0.437. The van der Waals surface area contributed by atoms with Gasteiger partial charge in [0, 0.05) is 43.1 Å². The minimum atomic E-state index is -0.165. The van der Waals surface area contributed by atoms with E-state index in [1.165, 1.54) is 5.56 Å². The van der Waals surface area contributed by atoms with E-state index in [9.17, 15) is 4.79 Å². The number of hydrogen-bond acceptors (Lipinski definition) is 5. The number of carbonyl (C=O) groups is 1. The van der Waals surface area contributed by atoms with E-state index in [0.29, 0.717) is 36.1 Å². The second kappa shape index (κ2) is 9.93. The molecular formula is C26H27ClN6O2. The summed E-state index contributed by atoms with van der Waals surface area (Å²) in [4.78, 5) is 26.5. The van der Waals surface area contributed by atoms with Crippen molar-refractivity contribution in [2.24, 2.45) is 0 Å². The van der Waals surface area contributed by atoms with E-state index in [2.05, 4.69) is 51.0 Å². The summed E-state index contributed by atoms with van der Waals surface area (Å²) in [5.74, 6) is 1.51. The van der Waals surface area contributed by atoms with Gasteiger partial charge in [0.2, 0.25) is 0 Å². The molecule has 180 valence electrons. The van der Waals surface area contributed by atoms with Crippen LogP contribution in [0.3, 0.4) is 0 Å². The van der Waals surface area contributed by atoms with Crippen molar-refractivity contribution in [3.63, 3.8) is 0 Å². The first-order valence-corrected chi connectivity index (χ1v) is 11.9. The molecule has 4 aromatic rings. The molecule has 2 aromatic heterocycles. The fourth-order valence-corrected chi connectivity index (χ4v) is 4.56. The van der Waals surface area contributed by atoms with Crippen molar-refractivity contribution in [2.45, 2.75) is 13.5 Å². The van der Waals surface area contributed by atoms with Gasteiger partial charge in [-0.25, -0.2) is 14.8 Å². The number of rotatable bonds is 5. The Labute approximate surface area is 209 Å². The fourth-order valence-electron chi connectivity index (χ4n) is 4.38. The van der Waals surface area contributed by atoms with Crippen LogP contribution in [0.1, 0.15) is 11.4 Å². The Bertz CT molecular complexity index is 1360. The zero-order chi connectivity index (χ0) is 24.4. The average Bonchev–Trinajstić information content (AvgIpc) is 3.22. The molecule has 2 aromatic carbocycles. The van der Waals surface area contributed by atoms with Crippen molar-refractivity contribution < 1.29 is 9.53 Å². The van der Waals surface area contributed by atoms with E-state index >= 15 is 0 Å². The summed E-state index contributed by atoms with van der Waals surface area (Å²) in [7, 11) is 1.57. The standard InChI is InChI=1S/C26H27ClN6O2/c1-18-5-3-6-20(15-18)33-24(29-21-7-4-10-28-25(21)33)17-31-11-13-32(14-12-31)26(34)30-22-16-19(27)8-9-23(22)35-2/h3-10,15-16H,11-14,17H2,1-2H3,(H,30,34). The number of urea groups is 1. The second-order valence-electron chi connectivity index (χ2n) is 8.59. The number of hydrogen-bond donors (Lipinski definition) is 1. The Kier molecular flexibility index (Phi) is 6.57. The summed E-state index contributed by atoms with van der Waals surface area (Å²) in [6.45, 7) is 5.45. The van der Waals surface area contributed by atoms with Crippen LogP contribution in [-0.4, -0.2) is 63.7 Å². The number of nitrogens with one attached hydrogen (secondary N) is 1. The molecule has 0 aliphatic carbocycles. The molecule has 5 rings (SSSR count).